The Kier molecular flexibility index (Phi) is 5.11. The molecule has 0 radical (unpaired) electrons. The summed E-state index contributed by atoms with van der Waals surface area (Å²) in [6.45, 7) is 2.52. The number of hydrogen-bond acceptors (Lipinski definition) is 3. The van der Waals surface area contributed by atoms with Crippen LogP contribution in [0, 0.1) is 6.92 Å². The van der Waals surface area contributed by atoms with Gasteiger partial charge in [-0.1, -0.05) is 59.6 Å². The van der Waals surface area contributed by atoms with Gasteiger partial charge in [-0.25, -0.2) is 4.98 Å². The molecular weight excluding hydrogens is 395 g/mol. The summed E-state index contributed by atoms with van der Waals surface area (Å²) in [5.41, 5.74) is 5.08. The van der Waals surface area contributed by atoms with Gasteiger partial charge in [-0.3, -0.25) is 4.79 Å². The molecule has 2 aromatic carbocycles. The van der Waals surface area contributed by atoms with Crippen LogP contribution in [0.3, 0.4) is 0 Å². The topological polar surface area (TPSA) is 53.4 Å². The van der Waals surface area contributed by atoms with Gasteiger partial charge in [0, 0.05) is 45.5 Å². The molecule has 0 unspecified atom stereocenters. The smallest absolute Gasteiger partial charge is 0.273 e. The van der Waals surface area contributed by atoms with Crippen LogP contribution < -0.4 is 0 Å². The highest BCUT2D eigenvalue weighted by atomic mass is 35.5. The van der Waals surface area contributed by atoms with Crippen molar-refractivity contribution in [1.82, 2.24) is 9.88 Å². The maximum Gasteiger partial charge on any atom is 0.273 e. The fraction of sp³-hybridized carbons (Fsp3) is 0.182. The van der Waals surface area contributed by atoms with Crippen LogP contribution in [-0.4, -0.2) is 20.9 Å². The van der Waals surface area contributed by atoms with Crippen molar-refractivity contribution in [3.05, 3.63) is 86.7 Å². The summed E-state index contributed by atoms with van der Waals surface area (Å²) in [4.78, 5) is 19.3. The molecule has 142 valence electrons. The zero-order valence-electron chi connectivity index (χ0n) is 15.2. The van der Waals surface area contributed by atoms with Crippen molar-refractivity contribution in [3.8, 4) is 11.1 Å². The van der Waals surface area contributed by atoms with E-state index in [4.69, 9.17) is 23.2 Å². The Morgan fingerprint density at radius 2 is 1.89 bits per heavy atom. The molecule has 0 fully saturated rings. The number of aliphatic hydroxyl groups is 1. The van der Waals surface area contributed by atoms with E-state index in [0.717, 1.165) is 22.3 Å². The number of carbonyl (C=O) groups excluding carboxylic acids is 1. The Morgan fingerprint density at radius 1 is 1.14 bits per heavy atom. The zero-order chi connectivity index (χ0) is 19.8. The van der Waals surface area contributed by atoms with Crippen molar-refractivity contribution in [2.24, 2.45) is 0 Å². The van der Waals surface area contributed by atoms with E-state index in [2.05, 4.69) is 4.98 Å². The Balaban J connectivity index is 1.84. The molecule has 0 saturated heterocycles. The Bertz CT molecular complexity index is 1070. The van der Waals surface area contributed by atoms with Crippen molar-refractivity contribution in [2.75, 3.05) is 0 Å². The highest BCUT2D eigenvalue weighted by Gasteiger charge is 2.33. The first kappa shape index (κ1) is 18.9. The lowest BCUT2D eigenvalue weighted by Crippen LogP contribution is -2.23. The van der Waals surface area contributed by atoms with Crippen LogP contribution in [0.1, 0.15) is 32.9 Å². The number of aromatic nitrogens is 1. The summed E-state index contributed by atoms with van der Waals surface area (Å²) < 4.78 is 0. The van der Waals surface area contributed by atoms with Gasteiger partial charge in [0.1, 0.15) is 5.69 Å². The second-order valence-corrected chi connectivity index (χ2v) is 7.65. The quantitative estimate of drug-likeness (QED) is 0.654. The fourth-order valence-corrected chi connectivity index (χ4v) is 4.17. The predicted octanol–water partition coefficient (Wildman–Crippen LogP) is 5.01. The number of hydrogen-bond donors (Lipinski definition) is 1. The van der Waals surface area contributed by atoms with Gasteiger partial charge in [0.05, 0.1) is 6.61 Å². The monoisotopic (exact) mass is 412 g/mol. The number of amides is 1. The number of aliphatic hydroxyl groups excluding tert-OH is 1. The second-order valence-electron chi connectivity index (χ2n) is 6.81. The van der Waals surface area contributed by atoms with E-state index in [-0.39, 0.29) is 12.5 Å². The molecular formula is C22H18Cl2N2O2. The van der Waals surface area contributed by atoms with Crippen LogP contribution in [0.25, 0.3) is 11.1 Å². The molecule has 0 spiro atoms. The van der Waals surface area contributed by atoms with Gasteiger partial charge in [0.25, 0.3) is 5.91 Å². The van der Waals surface area contributed by atoms with Crippen LogP contribution >= 0.6 is 23.2 Å². The van der Waals surface area contributed by atoms with E-state index < -0.39 is 0 Å². The molecule has 0 aliphatic carbocycles. The third kappa shape index (κ3) is 3.28. The van der Waals surface area contributed by atoms with E-state index in [1.54, 1.807) is 24.0 Å². The standard InChI is InChI=1S/C22H18Cl2N2O2/c1-13-18(12-27)20(16-8-7-15(23)9-19(16)24)17-11-26(22(28)21(17)25-13)10-14-5-3-2-4-6-14/h2-9,27H,10-12H2,1H3. The Hall–Kier alpha value is -2.40. The van der Waals surface area contributed by atoms with Crippen molar-refractivity contribution in [3.63, 3.8) is 0 Å². The Morgan fingerprint density at radius 3 is 2.57 bits per heavy atom. The summed E-state index contributed by atoms with van der Waals surface area (Å²) in [7, 11) is 0. The summed E-state index contributed by atoms with van der Waals surface area (Å²) in [6.07, 6.45) is 0. The molecule has 1 aliphatic rings. The molecule has 28 heavy (non-hydrogen) atoms. The third-order valence-electron chi connectivity index (χ3n) is 5.02. The number of carbonyl (C=O) groups is 1. The lowest BCUT2D eigenvalue weighted by atomic mass is 9.93. The Labute approximate surface area is 173 Å². The molecule has 6 heteroatoms. The average molecular weight is 413 g/mol. The molecule has 3 aromatic rings. The van der Waals surface area contributed by atoms with Gasteiger partial charge in [-0.15, -0.1) is 0 Å². The number of rotatable bonds is 4. The summed E-state index contributed by atoms with van der Waals surface area (Å²) in [6, 6.07) is 15.1. The fourth-order valence-electron chi connectivity index (χ4n) is 3.67. The average Bonchev–Trinajstić information content (AvgIpc) is 2.97. The normalized spacial score (nSPS) is 13.1. The first-order chi connectivity index (χ1) is 13.5. The second kappa shape index (κ2) is 7.55. The zero-order valence-corrected chi connectivity index (χ0v) is 16.8. The minimum absolute atomic E-state index is 0.113. The molecule has 4 rings (SSSR count). The van der Waals surface area contributed by atoms with E-state index in [9.17, 15) is 9.90 Å². The maximum absolute atomic E-state index is 13.0. The van der Waals surface area contributed by atoms with Crippen LogP contribution in [0.2, 0.25) is 10.0 Å². The van der Waals surface area contributed by atoms with Crippen molar-refractivity contribution in [2.45, 2.75) is 26.6 Å². The number of halogens is 2. The number of aryl methyl sites for hydroxylation is 1. The van der Waals surface area contributed by atoms with E-state index >= 15 is 0 Å². The SMILES string of the molecule is Cc1nc2c(c(-c3ccc(Cl)cc3Cl)c1CO)CN(Cc1ccccc1)C2=O. The maximum atomic E-state index is 13.0. The number of nitrogens with zero attached hydrogens (tertiary/aromatic N) is 2. The molecule has 1 amide bonds. The summed E-state index contributed by atoms with van der Waals surface area (Å²) >= 11 is 12.5. The minimum atomic E-state index is -0.187. The minimum Gasteiger partial charge on any atom is -0.392 e. The lowest BCUT2D eigenvalue weighted by Gasteiger charge is -2.17. The molecule has 1 aliphatic heterocycles. The van der Waals surface area contributed by atoms with E-state index in [1.165, 1.54) is 0 Å². The predicted molar refractivity (Wildman–Crippen MR) is 110 cm³/mol. The lowest BCUT2D eigenvalue weighted by molar-refractivity contribution is 0.0762. The highest BCUT2D eigenvalue weighted by molar-refractivity contribution is 6.36. The summed E-state index contributed by atoms with van der Waals surface area (Å²) in [5.74, 6) is -0.113. The molecule has 2 heterocycles. The summed E-state index contributed by atoms with van der Waals surface area (Å²) in [5, 5.41) is 11.0. The first-order valence-electron chi connectivity index (χ1n) is 8.91. The van der Waals surface area contributed by atoms with Gasteiger partial charge in [-0.2, -0.15) is 0 Å². The van der Waals surface area contributed by atoms with Crippen LogP contribution in [0.5, 0.6) is 0 Å². The number of benzene rings is 2. The van der Waals surface area contributed by atoms with E-state index in [0.29, 0.717) is 40.1 Å². The molecule has 0 saturated carbocycles. The van der Waals surface area contributed by atoms with Gasteiger partial charge < -0.3 is 10.0 Å². The molecule has 0 atom stereocenters. The van der Waals surface area contributed by atoms with Crippen LogP contribution in [0.15, 0.2) is 48.5 Å². The third-order valence-corrected chi connectivity index (χ3v) is 5.57. The molecule has 1 N–H and O–H groups in total. The van der Waals surface area contributed by atoms with Crippen molar-refractivity contribution in [1.29, 1.82) is 0 Å². The molecule has 1 aromatic heterocycles. The van der Waals surface area contributed by atoms with Gasteiger partial charge >= 0.3 is 0 Å². The van der Waals surface area contributed by atoms with Crippen LogP contribution in [0.4, 0.5) is 0 Å². The van der Waals surface area contributed by atoms with E-state index in [1.807, 2.05) is 36.4 Å². The van der Waals surface area contributed by atoms with Crippen molar-refractivity contribution < 1.29 is 9.90 Å². The highest BCUT2D eigenvalue weighted by Crippen LogP contribution is 2.40. The van der Waals surface area contributed by atoms with Gasteiger partial charge in [-0.05, 0) is 30.2 Å². The molecule has 0 bridgehead atoms. The largest absolute Gasteiger partial charge is 0.392 e. The van der Waals surface area contributed by atoms with Gasteiger partial charge in [0.2, 0.25) is 0 Å². The van der Waals surface area contributed by atoms with Gasteiger partial charge in [0.15, 0.2) is 0 Å². The number of pyridine rings is 1. The number of fused-ring (bicyclic) bond motifs is 1. The first-order valence-corrected chi connectivity index (χ1v) is 9.67. The van der Waals surface area contributed by atoms with Crippen molar-refractivity contribution >= 4 is 29.1 Å². The molecule has 4 nitrogen and oxygen atoms in total. The van der Waals surface area contributed by atoms with Crippen LogP contribution in [-0.2, 0) is 19.7 Å².